The minimum Gasteiger partial charge on any atom is -0.490 e. The van der Waals surface area contributed by atoms with Crippen molar-refractivity contribution in [3.63, 3.8) is 0 Å². The molecule has 124 valence electrons. The maximum Gasteiger partial charge on any atom is 0.123 e. The standard InChI is InChI=1S/C18H24FN3O/c1-21-14-15(13-20-21)3-2-10-22-11-8-18(9-12-22)23-17-6-4-16(19)5-7-17/h4-7,13-14,18H,2-3,8-12H2,1H3. The average Bonchev–Trinajstić information content (AvgIpc) is 2.97. The SMILES string of the molecule is Cn1cc(CCCN2CCC(Oc3ccc(F)cc3)CC2)cn1. The lowest BCUT2D eigenvalue weighted by Gasteiger charge is -2.32. The third kappa shape index (κ3) is 4.79. The Morgan fingerprint density at radius 3 is 2.61 bits per heavy atom. The van der Waals surface area contributed by atoms with Crippen molar-refractivity contribution in [3.8, 4) is 5.75 Å². The van der Waals surface area contributed by atoms with E-state index in [-0.39, 0.29) is 11.9 Å². The summed E-state index contributed by atoms with van der Waals surface area (Å²) in [4.78, 5) is 2.50. The van der Waals surface area contributed by atoms with Crippen LogP contribution < -0.4 is 4.74 Å². The van der Waals surface area contributed by atoms with Crippen molar-refractivity contribution in [1.82, 2.24) is 14.7 Å². The van der Waals surface area contributed by atoms with E-state index in [1.807, 2.05) is 17.9 Å². The number of rotatable bonds is 6. The Morgan fingerprint density at radius 1 is 1.22 bits per heavy atom. The summed E-state index contributed by atoms with van der Waals surface area (Å²) in [5.41, 5.74) is 1.31. The van der Waals surface area contributed by atoms with Crippen molar-refractivity contribution in [2.24, 2.45) is 7.05 Å². The molecule has 1 fully saturated rings. The first-order chi connectivity index (χ1) is 11.2. The highest BCUT2D eigenvalue weighted by molar-refractivity contribution is 5.22. The molecular formula is C18H24FN3O. The third-order valence-corrected chi connectivity index (χ3v) is 4.35. The quantitative estimate of drug-likeness (QED) is 0.820. The summed E-state index contributed by atoms with van der Waals surface area (Å²) >= 11 is 0. The van der Waals surface area contributed by atoms with Gasteiger partial charge in [0.15, 0.2) is 0 Å². The molecule has 5 heteroatoms. The van der Waals surface area contributed by atoms with E-state index in [9.17, 15) is 4.39 Å². The average molecular weight is 317 g/mol. The predicted molar refractivity (Wildman–Crippen MR) is 88.0 cm³/mol. The zero-order chi connectivity index (χ0) is 16.1. The molecule has 4 nitrogen and oxygen atoms in total. The Kier molecular flexibility index (Phi) is 5.28. The second kappa shape index (κ2) is 7.59. The molecule has 1 aromatic heterocycles. The summed E-state index contributed by atoms with van der Waals surface area (Å²) in [7, 11) is 1.95. The van der Waals surface area contributed by atoms with Gasteiger partial charge in [0.1, 0.15) is 17.7 Å². The van der Waals surface area contributed by atoms with E-state index in [0.717, 1.165) is 51.1 Å². The molecule has 0 spiro atoms. The van der Waals surface area contributed by atoms with Crippen LogP contribution in [0.2, 0.25) is 0 Å². The first-order valence-electron chi connectivity index (χ1n) is 8.31. The molecule has 0 radical (unpaired) electrons. The minimum atomic E-state index is -0.221. The number of aromatic nitrogens is 2. The fraction of sp³-hybridized carbons (Fsp3) is 0.500. The largest absolute Gasteiger partial charge is 0.490 e. The number of benzene rings is 1. The van der Waals surface area contributed by atoms with Gasteiger partial charge in [-0.3, -0.25) is 4.68 Å². The second-order valence-electron chi connectivity index (χ2n) is 6.24. The van der Waals surface area contributed by atoms with E-state index in [0.29, 0.717) is 0 Å². The molecule has 0 atom stereocenters. The van der Waals surface area contributed by atoms with Gasteiger partial charge in [0.05, 0.1) is 6.20 Å². The van der Waals surface area contributed by atoms with Gasteiger partial charge in [0.25, 0.3) is 0 Å². The van der Waals surface area contributed by atoms with Crippen LogP contribution in [0.4, 0.5) is 4.39 Å². The van der Waals surface area contributed by atoms with Crippen LogP contribution in [0.3, 0.4) is 0 Å². The van der Waals surface area contributed by atoms with Gasteiger partial charge in [-0.25, -0.2) is 4.39 Å². The van der Waals surface area contributed by atoms with Crippen molar-refractivity contribution >= 4 is 0 Å². The molecule has 0 saturated carbocycles. The number of ether oxygens (including phenoxy) is 1. The molecule has 1 aliphatic rings. The van der Waals surface area contributed by atoms with E-state index in [1.165, 1.54) is 17.7 Å². The van der Waals surface area contributed by atoms with Crippen LogP contribution in [0, 0.1) is 5.82 Å². The maximum atomic E-state index is 12.9. The second-order valence-corrected chi connectivity index (χ2v) is 6.24. The van der Waals surface area contributed by atoms with Gasteiger partial charge in [0, 0.05) is 26.3 Å². The molecule has 23 heavy (non-hydrogen) atoms. The Morgan fingerprint density at radius 2 is 1.96 bits per heavy atom. The lowest BCUT2D eigenvalue weighted by atomic mass is 10.1. The summed E-state index contributed by atoms with van der Waals surface area (Å²) in [5, 5.41) is 4.20. The molecule has 0 aliphatic carbocycles. The van der Waals surface area contributed by atoms with Crippen LogP contribution in [-0.4, -0.2) is 40.4 Å². The Balaban J connectivity index is 1.36. The molecule has 3 rings (SSSR count). The Bertz CT molecular complexity index is 603. The van der Waals surface area contributed by atoms with Crippen LogP contribution in [0.5, 0.6) is 5.75 Å². The summed E-state index contributed by atoms with van der Waals surface area (Å²) in [6, 6.07) is 6.30. The molecule has 1 aromatic carbocycles. The fourth-order valence-corrected chi connectivity index (χ4v) is 3.06. The summed E-state index contributed by atoms with van der Waals surface area (Å²) in [5.74, 6) is 0.544. The molecule has 1 saturated heterocycles. The van der Waals surface area contributed by atoms with E-state index >= 15 is 0 Å². The van der Waals surface area contributed by atoms with Gasteiger partial charge in [-0.05, 0) is 62.1 Å². The van der Waals surface area contributed by atoms with Crippen LogP contribution in [0.25, 0.3) is 0 Å². The lowest BCUT2D eigenvalue weighted by molar-refractivity contribution is 0.0999. The Hall–Kier alpha value is -1.88. The number of hydrogen-bond donors (Lipinski definition) is 0. The lowest BCUT2D eigenvalue weighted by Crippen LogP contribution is -2.38. The van der Waals surface area contributed by atoms with Gasteiger partial charge in [-0.2, -0.15) is 5.10 Å². The molecule has 2 aromatic rings. The highest BCUT2D eigenvalue weighted by Crippen LogP contribution is 2.19. The van der Waals surface area contributed by atoms with Crippen LogP contribution in [-0.2, 0) is 13.5 Å². The molecular weight excluding hydrogens is 293 g/mol. The molecule has 0 unspecified atom stereocenters. The summed E-state index contributed by atoms with van der Waals surface area (Å²) in [6.07, 6.45) is 8.59. The van der Waals surface area contributed by atoms with Crippen molar-refractivity contribution < 1.29 is 9.13 Å². The third-order valence-electron chi connectivity index (χ3n) is 4.35. The van der Waals surface area contributed by atoms with Gasteiger partial charge < -0.3 is 9.64 Å². The van der Waals surface area contributed by atoms with E-state index in [4.69, 9.17) is 4.74 Å². The highest BCUT2D eigenvalue weighted by atomic mass is 19.1. The highest BCUT2D eigenvalue weighted by Gasteiger charge is 2.20. The Labute approximate surface area is 136 Å². The topological polar surface area (TPSA) is 30.3 Å². The number of likely N-dealkylation sites (tertiary alicyclic amines) is 1. The monoisotopic (exact) mass is 317 g/mol. The fourth-order valence-electron chi connectivity index (χ4n) is 3.06. The van der Waals surface area contributed by atoms with Crippen molar-refractivity contribution in [3.05, 3.63) is 48.0 Å². The molecule has 0 bridgehead atoms. The first-order valence-corrected chi connectivity index (χ1v) is 8.31. The van der Waals surface area contributed by atoms with Gasteiger partial charge in [0.2, 0.25) is 0 Å². The molecule has 2 heterocycles. The minimum absolute atomic E-state index is 0.221. The smallest absolute Gasteiger partial charge is 0.123 e. The van der Waals surface area contributed by atoms with Crippen molar-refractivity contribution in [1.29, 1.82) is 0 Å². The van der Waals surface area contributed by atoms with Gasteiger partial charge in [-0.15, -0.1) is 0 Å². The number of hydrogen-bond acceptors (Lipinski definition) is 3. The first kappa shape index (κ1) is 16.0. The van der Waals surface area contributed by atoms with Crippen LogP contribution in [0.15, 0.2) is 36.7 Å². The molecule has 0 N–H and O–H groups in total. The van der Waals surface area contributed by atoms with E-state index in [1.54, 1.807) is 12.1 Å². The zero-order valence-electron chi connectivity index (χ0n) is 13.6. The number of halogens is 1. The summed E-state index contributed by atoms with van der Waals surface area (Å²) < 4.78 is 20.7. The van der Waals surface area contributed by atoms with E-state index in [2.05, 4.69) is 16.2 Å². The number of piperidine rings is 1. The van der Waals surface area contributed by atoms with Crippen LogP contribution in [0.1, 0.15) is 24.8 Å². The summed E-state index contributed by atoms with van der Waals surface area (Å²) in [6.45, 7) is 3.26. The van der Waals surface area contributed by atoms with Gasteiger partial charge >= 0.3 is 0 Å². The van der Waals surface area contributed by atoms with Crippen LogP contribution >= 0.6 is 0 Å². The number of aryl methyl sites for hydroxylation is 2. The maximum absolute atomic E-state index is 12.9. The van der Waals surface area contributed by atoms with E-state index < -0.39 is 0 Å². The van der Waals surface area contributed by atoms with Gasteiger partial charge in [-0.1, -0.05) is 0 Å². The number of nitrogens with zero attached hydrogens (tertiary/aromatic N) is 3. The molecule has 0 amide bonds. The van der Waals surface area contributed by atoms with Crippen molar-refractivity contribution in [2.75, 3.05) is 19.6 Å². The predicted octanol–water partition coefficient (Wildman–Crippen LogP) is 3.04. The zero-order valence-corrected chi connectivity index (χ0v) is 13.6. The molecule has 1 aliphatic heterocycles. The normalized spacial score (nSPS) is 16.6. The van der Waals surface area contributed by atoms with Crippen molar-refractivity contribution in [2.45, 2.75) is 31.8 Å².